The van der Waals surface area contributed by atoms with Gasteiger partial charge in [-0.2, -0.15) is 5.26 Å². The van der Waals surface area contributed by atoms with Crippen molar-refractivity contribution >= 4 is 50.5 Å². The Balaban J connectivity index is 1.98. The molecular formula is C27H20BrN3O3S. The first-order chi connectivity index (χ1) is 17.0. The third-order valence-corrected chi connectivity index (χ3v) is 6.57. The molecule has 4 aromatic rings. The van der Waals surface area contributed by atoms with Crippen LogP contribution in [0.4, 0.5) is 5.69 Å². The second kappa shape index (κ2) is 11.0. The average Bonchev–Trinajstić information content (AvgIpc) is 3.18. The van der Waals surface area contributed by atoms with Gasteiger partial charge in [-0.3, -0.25) is 14.2 Å². The first-order valence-corrected chi connectivity index (χ1v) is 12.3. The minimum atomic E-state index is -0.589. The average molecular weight is 546 g/mol. The van der Waals surface area contributed by atoms with Gasteiger partial charge in [0, 0.05) is 15.7 Å². The normalized spacial score (nSPS) is 12.1. The number of halogens is 1. The molecule has 6 nitrogen and oxygen atoms in total. The molecule has 0 saturated heterocycles. The molecule has 0 aliphatic carbocycles. The molecule has 0 unspecified atom stereocenters. The Hall–Kier alpha value is -3.93. The van der Waals surface area contributed by atoms with E-state index in [2.05, 4.69) is 21.2 Å². The molecule has 1 amide bonds. The summed E-state index contributed by atoms with van der Waals surface area (Å²) in [6.07, 6.45) is 1.72. The molecule has 1 aromatic heterocycles. The summed E-state index contributed by atoms with van der Waals surface area (Å²) in [4.78, 5) is 26.7. The van der Waals surface area contributed by atoms with Crippen molar-refractivity contribution in [2.24, 2.45) is 0 Å². The molecule has 1 heterocycles. The lowest BCUT2D eigenvalue weighted by Crippen LogP contribution is -2.32. The van der Waals surface area contributed by atoms with Crippen molar-refractivity contribution < 1.29 is 9.53 Å². The maximum absolute atomic E-state index is 13.6. The molecular weight excluding hydrogens is 526 g/mol. The van der Waals surface area contributed by atoms with Crippen LogP contribution in [0.5, 0.6) is 5.75 Å². The van der Waals surface area contributed by atoms with E-state index in [9.17, 15) is 14.9 Å². The van der Waals surface area contributed by atoms with Gasteiger partial charge in [0.05, 0.1) is 16.8 Å². The van der Waals surface area contributed by atoms with Crippen LogP contribution in [0.15, 0.2) is 88.1 Å². The number of hydrogen-bond donors (Lipinski definition) is 1. The number of nitriles is 1. The number of hydrogen-bond acceptors (Lipinski definition) is 5. The van der Waals surface area contributed by atoms with E-state index >= 15 is 0 Å². The number of benzene rings is 3. The fraction of sp³-hybridized carbons (Fsp3) is 0.0741. The highest BCUT2D eigenvalue weighted by atomic mass is 79.9. The van der Waals surface area contributed by atoms with Crippen LogP contribution in [0.1, 0.15) is 12.5 Å². The van der Waals surface area contributed by atoms with E-state index < -0.39 is 5.91 Å². The molecule has 0 spiro atoms. The smallest absolute Gasteiger partial charge is 0.273 e. The van der Waals surface area contributed by atoms with Crippen LogP contribution in [0.3, 0.4) is 0 Å². The van der Waals surface area contributed by atoms with Gasteiger partial charge in [0.15, 0.2) is 5.57 Å². The van der Waals surface area contributed by atoms with Gasteiger partial charge < -0.3 is 10.1 Å². The van der Waals surface area contributed by atoms with Crippen molar-refractivity contribution in [1.82, 2.24) is 4.57 Å². The van der Waals surface area contributed by atoms with Crippen LogP contribution in [0, 0.1) is 11.3 Å². The van der Waals surface area contributed by atoms with Gasteiger partial charge in [0.1, 0.15) is 16.5 Å². The Kier molecular flexibility index (Phi) is 7.60. The Morgan fingerprint density at radius 1 is 1.11 bits per heavy atom. The topological polar surface area (TPSA) is 84.1 Å². The zero-order chi connectivity index (χ0) is 24.8. The van der Waals surface area contributed by atoms with Crippen LogP contribution in [0.25, 0.3) is 17.3 Å². The van der Waals surface area contributed by atoms with Crippen molar-refractivity contribution in [3.05, 3.63) is 108 Å². The van der Waals surface area contributed by atoms with E-state index in [1.54, 1.807) is 54.6 Å². The van der Waals surface area contributed by atoms with E-state index in [1.165, 1.54) is 4.57 Å². The summed E-state index contributed by atoms with van der Waals surface area (Å²) < 4.78 is 8.56. The maximum Gasteiger partial charge on any atom is 0.273 e. The van der Waals surface area contributed by atoms with Crippen LogP contribution in [-0.4, -0.2) is 17.1 Å². The zero-order valence-corrected chi connectivity index (χ0v) is 21.1. The Morgan fingerprint density at radius 3 is 2.46 bits per heavy atom. The third-order valence-electron chi connectivity index (χ3n) is 4.98. The second-order valence-corrected chi connectivity index (χ2v) is 9.26. The molecule has 0 aliphatic rings. The number of ether oxygens (including phenoxy) is 1. The molecule has 0 aliphatic heterocycles. The highest BCUT2D eigenvalue weighted by molar-refractivity contribution is 9.10. The number of thiazole rings is 1. The first-order valence-electron chi connectivity index (χ1n) is 10.7. The SMILES string of the molecule is CCOc1ccc(Br)cc1/C=c1/s/c(=C(\C#N)C(=O)Nc2ccccc2)n(-c2ccccc2)c1=O. The predicted molar refractivity (Wildman–Crippen MR) is 142 cm³/mol. The highest BCUT2D eigenvalue weighted by Gasteiger charge is 2.17. The number of amides is 1. The largest absolute Gasteiger partial charge is 0.493 e. The molecule has 4 rings (SSSR count). The molecule has 0 saturated carbocycles. The van der Waals surface area contributed by atoms with Crippen LogP contribution in [-0.2, 0) is 4.79 Å². The number of para-hydroxylation sites is 2. The van der Waals surface area contributed by atoms with Gasteiger partial charge in [0.2, 0.25) is 0 Å². The quantitative estimate of drug-likeness (QED) is 0.393. The monoisotopic (exact) mass is 545 g/mol. The Morgan fingerprint density at radius 2 is 1.80 bits per heavy atom. The summed E-state index contributed by atoms with van der Waals surface area (Å²) in [6.45, 7) is 2.36. The van der Waals surface area contributed by atoms with Crippen molar-refractivity contribution in [2.45, 2.75) is 6.92 Å². The van der Waals surface area contributed by atoms with Crippen LogP contribution >= 0.6 is 27.3 Å². The summed E-state index contributed by atoms with van der Waals surface area (Å²) in [7, 11) is 0. The molecule has 0 bridgehead atoms. The van der Waals surface area contributed by atoms with Gasteiger partial charge >= 0.3 is 0 Å². The summed E-state index contributed by atoms with van der Waals surface area (Å²) in [5.41, 5.74) is 1.33. The lowest BCUT2D eigenvalue weighted by atomic mass is 10.2. The minimum absolute atomic E-state index is 0.154. The Labute approximate surface area is 214 Å². The number of nitrogens with zero attached hydrogens (tertiary/aromatic N) is 2. The highest BCUT2D eigenvalue weighted by Crippen LogP contribution is 2.24. The van der Waals surface area contributed by atoms with Crippen molar-refractivity contribution in [1.29, 1.82) is 5.26 Å². The van der Waals surface area contributed by atoms with E-state index in [4.69, 9.17) is 4.74 Å². The summed E-state index contributed by atoms with van der Waals surface area (Å²) >= 11 is 4.55. The van der Waals surface area contributed by atoms with E-state index in [0.717, 1.165) is 15.8 Å². The van der Waals surface area contributed by atoms with Gasteiger partial charge in [-0.05, 0) is 55.5 Å². The van der Waals surface area contributed by atoms with E-state index in [0.29, 0.717) is 33.8 Å². The van der Waals surface area contributed by atoms with E-state index in [-0.39, 0.29) is 15.8 Å². The van der Waals surface area contributed by atoms with Gasteiger partial charge in [-0.1, -0.05) is 52.3 Å². The molecule has 35 heavy (non-hydrogen) atoms. The number of anilines is 1. The molecule has 0 radical (unpaired) electrons. The number of nitrogens with one attached hydrogen (secondary N) is 1. The second-order valence-electron chi connectivity index (χ2n) is 7.31. The molecule has 0 fully saturated rings. The summed E-state index contributed by atoms with van der Waals surface area (Å²) in [5.74, 6) is 0.0382. The number of carbonyl (C=O) groups is 1. The molecule has 0 atom stereocenters. The van der Waals surface area contributed by atoms with Gasteiger partial charge in [-0.25, -0.2) is 0 Å². The lowest BCUT2D eigenvalue weighted by molar-refractivity contribution is -0.111. The first kappa shape index (κ1) is 24.2. The van der Waals surface area contributed by atoms with Gasteiger partial charge in [0.25, 0.3) is 11.5 Å². The molecule has 3 aromatic carbocycles. The third kappa shape index (κ3) is 5.43. The number of aromatic nitrogens is 1. The van der Waals surface area contributed by atoms with Crippen LogP contribution in [0.2, 0.25) is 0 Å². The van der Waals surface area contributed by atoms with Crippen molar-refractivity contribution in [3.63, 3.8) is 0 Å². The van der Waals surface area contributed by atoms with E-state index in [1.807, 2.05) is 43.3 Å². The zero-order valence-electron chi connectivity index (χ0n) is 18.7. The summed E-state index contributed by atoms with van der Waals surface area (Å²) in [5, 5.41) is 12.7. The molecule has 8 heteroatoms. The lowest BCUT2D eigenvalue weighted by Gasteiger charge is -2.06. The Bertz CT molecular complexity index is 1590. The predicted octanol–water partition coefficient (Wildman–Crippen LogP) is 4.20. The maximum atomic E-state index is 13.6. The number of carbonyl (C=O) groups excluding carboxylic acids is 1. The fourth-order valence-electron chi connectivity index (χ4n) is 3.43. The fourth-order valence-corrected chi connectivity index (χ4v) is 4.90. The molecule has 174 valence electrons. The van der Waals surface area contributed by atoms with Crippen LogP contribution < -0.4 is 24.8 Å². The molecule has 1 N–H and O–H groups in total. The minimum Gasteiger partial charge on any atom is -0.493 e. The summed E-state index contributed by atoms with van der Waals surface area (Å²) in [6, 6.07) is 25.3. The standard InChI is InChI=1S/C27H20BrN3O3S/c1-2-34-23-14-13-19(28)15-18(23)16-24-26(33)31(21-11-7-4-8-12-21)27(35-24)22(17-29)25(32)30-20-9-5-3-6-10-20/h3-16H,2H2,1H3,(H,30,32)/b24-16+,27-22+. The van der Waals surface area contributed by atoms with Crippen molar-refractivity contribution in [2.75, 3.05) is 11.9 Å². The number of rotatable bonds is 6. The van der Waals surface area contributed by atoms with Crippen molar-refractivity contribution in [3.8, 4) is 17.5 Å². The van der Waals surface area contributed by atoms with Gasteiger partial charge in [-0.15, -0.1) is 11.3 Å².